The highest BCUT2D eigenvalue weighted by molar-refractivity contribution is 5.98. The average Bonchev–Trinajstić information content (AvgIpc) is 3.68. The Morgan fingerprint density at radius 1 is 1.02 bits per heavy atom. The second-order valence-corrected chi connectivity index (χ2v) is 10.8. The van der Waals surface area contributed by atoms with Gasteiger partial charge in [-0.05, 0) is 31.2 Å². The summed E-state index contributed by atoms with van der Waals surface area (Å²) < 4.78 is 11.7. The summed E-state index contributed by atoms with van der Waals surface area (Å²) in [6, 6.07) is 17.6. The van der Waals surface area contributed by atoms with Crippen LogP contribution < -0.4 is 16.2 Å². The maximum atomic E-state index is 13.5. The molecule has 0 radical (unpaired) electrons. The lowest BCUT2D eigenvalue weighted by Crippen LogP contribution is -2.46. The molecule has 1 fully saturated rings. The third-order valence-electron chi connectivity index (χ3n) is 7.48. The quantitative estimate of drug-likeness (QED) is 0.264. The number of nitrogens with zero attached hydrogens (tertiary/aromatic N) is 4. The molecule has 0 spiro atoms. The van der Waals surface area contributed by atoms with Crippen LogP contribution in [-0.4, -0.2) is 50.7 Å². The summed E-state index contributed by atoms with van der Waals surface area (Å²) in [4.78, 5) is 56.9. The first-order valence-electron chi connectivity index (χ1n) is 13.9. The monoisotopic (exact) mass is 584 g/mol. The number of methoxy groups -OCH3 is 1. The third kappa shape index (κ3) is 5.94. The van der Waals surface area contributed by atoms with E-state index in [-0.39, 0.29) is 29.0 Å². The van der Waals surface area contributed by atoms with Crippen LogP contribution in [-0.2, 0) is 21.5 Å². The average molecular weight is 585 g/mol. The van der Waals surface area contributed by atoms with Gasteiger partial charge in [-0.25, -0.2) is 9.78 Å². The number of rotatable bonds is 10. The Hall–Kier alpha value is -5.13. The van der Waals surface area contributed by atoms with Crippen LogP contribution in [0.3, 0.4) is 0 Å². The first-order chi connectivity index (χ1) is 20.6. The summed E-state index contributed by atoms with van der Waals surface area (Å²) in [6.07, 6.45) is 0.801. The summed E-state index contributed by atoms with van der Waals surface area (Å²) in [7, 11) is 1.17. The van der Waals surface area contributed by atoms with Crippen LogP contribution in [0.4, 0.5) is 10.5 Å². The van der Waals surface area contributed by atoms with E-state index in [2.05, 4.69) is 30.6 Å². The summed E-state index contributed by atoms with van der Waals surface area (Å²) in [5.74, 6) is -1.10. The summed E-state index contributed by atoms with van der Waals surface area (Å²) in [5, 5.41) is 13.3. The van der Waals surface area contributed by atoms with Crippen LogP contribution in [0.1, 0.15) is 54.5 Å². The fourth-order valence-corrected chi connectivity index (χ4v) is 4.97. The number of ether oxygens (including phenoxy) is 1. The molecular formula is C31H32N6O6. The molecule has 5 rings (SSSR count). The zero-order valence-electron chi connectivity index (χ0n) is 24.3. The third-order valence-corrected chi connectivity index (χ3v) is 7.48. The van der Waals surface area contributed by atoms with Gasteiger partial charge in [0.05, 0.1) is 24.3 Å². The van der Waals surface area contributed by atoms with Gasteiger partial charge in [-0.2, -0.15) is 0 Å². The molecule has 0 aliphatic heterocycles. The predicted molar refractivity (Wildman–Crippen MR) is 157 cm³/mol. The van der Waals surface area contributed by atoms with Gasteiger partial charge in [0.2, 0.25) is 17.6 Å². The van der Waals surface area contributed by atoms with Crippen molar-refractivity contribution >= 4 is 23.5 Å². The highest BCUT2D eigenvalue weighted by atomic mass is 16.5. The first-order valence-corrected chi connectivity index (χ1v) is 13.9. The van der Waals surface area contributed by atoms with Gasteiger partial charge in [-0.1, -0.05) is 74.5 Å². The number of hydrogen-bond donors (Lipinski definition) is 2. The van der Waals surface area contributed by atoms with Crippen LogP contribution in [0.5, 0.6) is 0 Å². The molecule has 1 aliphatic carbocycles. The molecule has 4 aromatic rings. The lowest BCUT2D eigenvalue weighted by atomic mass is 9.96. The van der Waals surface area contributed by atoms with Gasteiger partial charge in [-0.15, -0.1) is 10.2 Å². The number of aryl methyl sites for hydroxylation is 1. The highest BCUT2D eigenvalue weighted by Crippen LogP contribution is 2.52. The van der Waals surface area contributed by atoms with Crippen molar-refractivity contribution in [3.8, 4) is 11.4 Å². The van der Waals surface area contributed by atoms with Crippen LogP contribution in [0.25, 0.3) is 11.4 Å². The van der Waals surface area contributed by atoms with Gasteiger partial charge >= 0.3 is 6.09 Å². The molecule has 222 valence electrons. The van der Waals surface area contributed by atoms with Gasteiger partial charge in [0.1, 0.15) is 18.1 Å². The number of anilines is 1. The Bertz CT molecular complexity index is 1710. The number of hydrogen-bond acceptors (Lipinski definition) is 9. The van der Waals surface area contributed by atoms with Gasteiger partial charge < -0.3 is 14.5 Å². The van der Waals surface area contributed by atoms with E-state index in [9.17, 15) is 19.2 Å². The smallest absolute Gasteiger partial charge is 0.411 e. The summed E-state index contributed by atoms with van der Waals surface area (Å²) >= 11 is 0. The molecular weight excluding hydrogens is 552 g/mol. The van der Waals surface area contributed by atoms with Crippen molar-refractivity contribution < 1.29 is 23.5 Å². The molecule has 12 nitrogen and oxygen atoms in total. The van der Waals surface area contributed by atoms with E-state index in [1.54, 1.807) is 45.0 Å². The summed E-state index contributed by atoms with van der Waals surface area (Å²) in [5.41, 5.74) is 0.684. The molecule has 1 saturated carbocycles. The van der Waals surface area contributed by atoms with Crippen LogP contribution in [0.15, 0.2) is 69.9 Å². The number of amides is 2. The number of nitrogens with one attached hydrogen (secondary N) is 2. The molecule has 0 bridgehead atoms. The Morgan fingerprint density at radius 3 is 2.28 bits per heavy atom. The predicted octanol–water partition coefficient (Wildman–Crippen LogP) is 3.88. The van der Waals surface area contributed by atoms with Gasteiger partial charge in [0.15, 0.2) is 0 Å². The van der Waals surface area contributed by atoms with Crippen molar-refractivity contribution in [3.63, 3.8) is 0 Å². The van der Waals surface area contributed by atoms with E-state index in [1.807, 2.05) is 36.4 Å². The number of Topliss-reactive ketones (excluding diaryl/α,β-unsaturated/α-hetero) is 1. The minimum Gasteiger partial charge on any atom is -0.453 e. The molecule has 1 atom stereocenters. The fourth-order valence-electron chi connectivity index (χ4n) is 4.97. The molecule has 1 aliphatic rings. The van der Waals surface area contributed by atoms with Gasteiger partial charge in [-0.3, -0.25) is 24.3 Å². The van der Waals surface area contributed by atoms with E-state index >= 15 is 0 Å². The van der Waals surface area contributed by atoms with Gasteiger partial charge in [0, 0.05) is 5.56 Å². The van der Waals surface area contributed by atoms with E-state index in [0.717, 1.165) is 23.0 Å². The van der Waals surface area contributed by atoms with Crippen LogP contribution >= 0.6 is 0 Å². The molecule has 2 heterocycles. The summed E-state index contributed by atoms with van der Waals surface area (Å²) in [6.45, 7) is 4.65. The lowest BCUT2D eigenvalue weighted by Gasteiger charge is -2.21. The Morgan fingerprint density at radius 2 is 1.67 bits per heavy atom. The first kappa shape index (κ1) is 29.4. The largest absolute Gasteiger partial charge is 0.453 e. The van der Waals surface area contributed by atoms with Crippen molar-refractivity contribution in [2.45, 2.75) is 51.6 Å². The normalized spacial score (nSPS) is 14.2. The molecule has 0 saturated heterocycles. The molecule has 2 aromatic heterocycles. The maximum Gasteiger partial charge on any atom is 0.411 e. The molecule has 2 amide bonds. The van der Waals surface area contributed by atoms with Crippen LogP contribution in [0, 0.1) is 12.8 Å². The number of aromatic nitrogens is 4. The molecule has 43 heavy (non-hydrogen) atoms. The zero-order chi connectivity index (χ0) is 30.7. The Labute approximate surface area is 247 Å². The Kier molecular flexibility index (Phi) is 8.20. The minimum absolute atomic E-state index is 0.123. The molecule has 0 unspecified atom stereocenters. The van der Waals surface area contributed by atoms with Crippen molar-refractivity contribution in [1.29, 1.82) is 0 Å². The lowest BCUT2D eigenvalue weighted by molar-refractivity contribution is -0.122. The van der Waals surface area contributed by atoms with Crippen molar-refractivity contribution in [2.24, 2.45) is 5.92 Å². The van der Waals surface area contributed by atoms with Crippen molar-refractivity contribution in [2.75, 3.05) is 12.4 Å². The van der Waals surface area contributed by atoms with Crippen molar-refractivity contribution in [3.05, 3.63) is 94.1 Å². The Balaban J connectivity index is 1.41. The van der Waals surface area contributed by atoms with E-state index < -0.39 is 41.3 Å². The van der Waals surface area contributed by atoms with E-state index in [4.69, 9.17) is 4.42 Å². The fraction of sp³-hybridized carbons (Fsp3) is 0.323. The van der Waals surface area contributed by atoms with E-state index in [1.165, 1.54) is 7.11 Å². The molecule has 2 N–H and O–H groups in total. The van der Waals surface area contributed by atoms with Gasteiger partial charge in [0.25, 0.3) is 11.4 Å². The minimum atomic E-state index is -1.00. The van der Waals surface area contributed by atoms with E-state index in [0.29, 0.717) is 11.5 Å². The molecule has 12 heteroatoms. The number of ketones is 1. The second-order valence-electron chi connectivity index (χ2n) is 10.8. The van der Waals surface area contributed by atoms with Crippen molar-refractivity contribution in [1.82, 2.24) is 25.1 Å². The zero-order valence-corrected chi connectivity index (χ0v) is 24.3. The number of carbonyl (C=O) groups excluding carboxylic acids is 3. The highest BCUT2D eigenvalue weighted by Gasteiger charge is 2.51. The number of carbonyl (C=O) groups is 3. The standard InChI is InChI=1S/C31H32N6O6/c1-18(2)23(25(39)27-35-36-29(43-27)31(15-16-31)21-13-9-6-10-14-21)33-22(38)17-37-26(20-11-7-5-8-12-20)32-19(3)24(28(37)40)34-30(41)42-4/h5-14,18,23H,15-17H2,1-4H3,(H,33,38)(H,34,41)/t23-/m0/s1. The SMILES string of the molecule is COC(=O)Nc1c(C)nc(-c2ccccc2)n(CC(=O)N[C@H](C(=O)c2nnc(C3(c4ccccc4)CC3)o2)C(C)C)c1=O. The topological polar surface area (TPSA) is 158 Å². The molecule has 2 aromatic carbocycles. The maximum absolute atomic E-state index is 13.5. The second kappa shape index (κ2) is 12.0. The van der Waals surface area contributed by atoms with Crippen LogP contribution in [0.2, 0.25) is 0 Å². The number of benzene rings is 2.